The van der Waals surface area contributed by atoms with Crippen molar-refractivity contribution < 1.29 is 4.74 Å². The Morgan fingerprint density at radius 2 is 1.88 bits per heavy atom. The molecule has 122 valence electrons. The van der Waals surface area contributed by atoms with Crippen LogP contribution in [0.25, 0.3) is 11.3 Å². The maximum Gasteiger partial charge on any atom is 0.224 e. The minimum atomic E-state index is 0.197. The Hall–Kier alpha value is -2.66. The first-order valence-corrected chi connectivity index (χ1v) is 7.83. The van der Waals surface area contributed by atoms with Crippen molar-refractivity contribution in [1.29, 1.82) is 0 Å². The summed E-state index contributed by atoms with van der Waals surface area (Å²) < 4.78 is 5.30. The molecular weight excluding hydrogens is 324 g/mol. The van der Waals surface area contributed by atoms with Crippen LogP contribution >= 0.6 is 11.6 Å². The Kier molecular flexibility index (Phi) is 4.91. The second kappa shape index (κ2) is 7.27. The van der Waals surface area contributed by atoms with E-state index in [2.05, 4.69) is 39.2 Å². The average molecular weight is 341 g/mol. The third kappa shape index (κ3) is 3.63. The first kappa shape index (κ1) is 16.2. The average Bonchev–Trinajstić information content (AvgIpc) is 2.63. The molecule has 6 heteroatoms. The highest BCUT2D eigenvalue weighted by molar-refractivity contribution is 6.28. The maximum atomic E-state index is 5.90. The molecule has 0 amide bonds. The van der Waals surface area contributed by atoms with Gasteiger partial charge in [0.15, 0.2) is 11.6 Å². The molecule has 5 nitrogen and oxygen atoms in total. The number of hydrogen-bond acceptors (Lipinski definition) is 5. The lowest BCUT2D eigenvalue weighted by Gasteiger charge is -2.20. The zero-order chi connectivity index (χ0) is 16.9. The molecule has 2 aromatic heterocycles. The van der Waals surface area contributed by atoms with Crippen molar-refractivity contribution in [2.75, 3.05) is 19.1 Å². The molecule has 0 saturated carbocycles. The van der Waals surface area contributed by atoms with Gasteiger partial charge in [-0.1, -0.05) is 30.3 Å². The first-order chi connectivity index (χ1) is 11.7. The number of benzene rings is 1. The lowest BCUT2D eigenvalue weighted by Crippen LogP contribution is -2.18. The maximum absolute atomic E-state index is 5.90. The van der Waals surface area contributed by atoms with Crippen LogP contribution in [0.2, 0.25) is 5.28 Å². The highest BCUT2D eigenvalue weighted by atomic mass is 35.5. The third-order valence-electron chi connectivity index (χ3n) is 3.62. The van der Waals surface area contributed by atoms with Crippen LogP contribution in [0.15, 0.2) is 54.9 Å². The van der Waals surface area contributed by atoms with Gasteiger partial charge < -0.3 is 9.64 Å². The summed E-state index contributed by atoms with van der Waals surface area (Å²) in [7, 11) is 3.53. The fourth-order valence-electron chi connectivity index (χ4n) is 2.42. The Morgan fingerprint density at radius 1 is 1.08 bits per heavy atom. The Morgan fingerprint density at radius 3 is 2.54 bits per heavy atom. The quantitative estimate of drug-likeness (QED) is 0.660. The van der Waals surface area contributed by atoms with Crippen molar-refractivity contribution in [2.24, 2.45) is 0 Å². The van der Waals surface area contributed by atoms with Crippen LogP contribution in [0.4, 0.5) is 5.82 Å². The smallest absolute Gasteiger partial charge is 0.224 e. The number of anilines is 1. The van der Waals surface area contributed by atoms with Gasteiger partial charge in [-0.25, -0.2) is 4.98 Å². The van der Waals surface area contributed by atoms with Gasteiger partial charge in [0.1, 0.15) is 0 Å². The highest BCUT2D eigenvalue weighted by Gasteiger charge is 2.12. The number of halogens is 1. The molecule has 3 aromatic rings. The molecule has 0 fully saturated rings. The Bertz CT molecular complexity index is 809. The third-order valence-corrected chi connectivity index (χ3v) is 3.80. The Balaban J connectivity index is 1.78. The lowest BCUT2D eigenvalue weighted by molar-refractivity contribution is 0.410. The van der Waals surface area contributed by atoms with E-state index in [0.29, 0.717) is 18.1 Å². The van der Waals surface area contributed by atoms with E-state index in [0.717, 1.165) is 16.8 Å². The molecular formula is C18H17ClN4O. The summed E-state index contributed by atoms with van der Waals surface area (Å²) in [5.41, 5.74) is 3.19. The summed E-state index contributed by atoms with van der Waals surface area (Å²) in [6.45, 7) is 0.673. The lowest BCUT2D eigenvalue weighted by atomic mass is 10.1. The van der Waals surface area contributed by atoms with Crippen LogP contribution < -0.4 is 9.64 Å². The van der Waals surface area contributed by atoms with E-state index in [1.54, 1.807) is 19.5 Å². The minimum absolute atomic E-state index is 0.197. The summed E-state index contributed by atoms with van der Waals surface area (Å²) in [6.07, 6.45) is 3.37. The van der Waals surface area contributed by atoms with Crippen molar-refractivity contribution in [1.82, 2.24) is 15.0 Å². The number of nitrogens with zero attached hydrogens (tertiary/aromatic N) is 4. The highest BCUT2D eigenvalue weighted by Crippen LogP contribution is 2.26. The summed E-state index contributed by atoms with van der Waals surface area (Å²) in [6, 6.07) is 14.2. The van der Waals surface area contributed by atoms with Gasteiger partial charge in [-0.05, 0) is 29.3 Å². The molecule has 1 aromatic carbocycles. The van der Waals surface area contributed by atoms with Gasteiger partial charge in [0.05, 0.1) is 19.0 Å². The largest absolute Gasteiger partial charge is 0.491 e. The molecule has 0 aliphatic carbocycles. The molecule has 0 saturated heterocycles. The first-order valence-electron chi connectivity index (χ1n) is 7.45. The van der Waals surface area contributed by atoms with E-state index in [9.17, 15) is 0 Å². The fourth-order valence-corrected chi connectivity index (χ4v) is 2.55. The van der Waals surface area contributed by atoms with Gasteiger partial charge in [-0.2, -0.15) is 4.98 Å². The molecule has 3 rings (SSSR count). The van der Waals surface area contributed by atoms with Gasteiger partial charge >= 0.3 is 0 Å². The van der Waals surface area contributed by atoms with Gasteiger partial charge in [-0.3, -0.25) is 4.98 Å². The molecule has 0 aliphatic heterocycles. The number of rotatable bonds is 5. The van der Waals surface area contributed by atoms with E-state index in [1.165, 1.54) is 0 Å². The van der Waals surface area contributed by atoms with Crippen molar-refractivity contribution in [2.45, 2.75) is 6.54 Å². The van der Waals surface area contributed by atoms with Crippen molar-refractivity contribution >= 4 is 17.4 Å². The standard InChI is InChI=1S/C18H17ClN4O/c1-23(17-16(24-2)11-21-18(19)22-17)12-13-6-8-14(9-7-13)15-5-3-4-10-20-15/h3-11H,12H2,1-2H3. The summed E-state index contributed by atoms with van der Waals surface area (Å²) >= 11 is 5.90. The molecule has 24 heavy (non-hydrogen) atoms. The number of aromatic nitrogens is 3. The molecule has 0 spiro atoms. The zero-order valence-electron chi connectivity index (χ0n) is 13.5. The van der Waals surface area contributed by atoms with E-state index >= 15 is 0 Å². The second-order valence-electron chi connectivity index (χ2n) is 5.30. The van der Waals surface area contributed by atoms with Crippen LogP contribution in [0.3, 0.4) is 0 Å². The fraction of sp³-hybridized carbons (Fsp3) is 0.167. The van der Waals surface area contributed by atoms with Gasteiger partial charge in [0.2, 0.25) is 5.28 Å². The zero-order valence-corrected chi connectivity index (χ0v) is 14.2. The number of ether oxygens (including phenoxy) is 1. The molecule has 2 heterocycles. The molecule has 0 bridgehead atoms. The summed E-state index contributed by atoms with van der Waals surface area (Å²) in [5, 5.41) is 0.197. The van der Waals surface area contributed by atoms with Crippen LogP contribution in [0.1, 0.15) is 5.56 Å². The van der Waals surface area contributed by atoms with Crippen molar-refractivity contribution in [3.63, 3.8) is 0 Å². The van der Waals surface area contributed by atoms with Gasteiger partial charge in [0.25, 0.3) is 0 Å². The van der Waals surface area contributed by atoms with E-state index in [4.69, 9.17) is 16.3 Å². The monoisotopic (exact) mass is 340 g/mol. The van der Waals surface area contributed by atoms with E-state index < -0.39 is 0 Å². The molecule has 0 radical (unpaired) electrons. The molecule has 0 atom stereocenters. The van der Waals surface area contributed by atoms with Crippen molar-refractivity contribution in [3.8, 4) is 17.0 Å². The number of pyridine rings is 1. The SMILES string of the molecule is COc1cnc(Cl)nc1N(C)Cc1ccc(-c2ccccn2)cc1. The predicted octanol–water partition coefficient (Wildman–Crippen LogP) is 3.84. The number of methoxy groups -OCH3 is 1. The van der Waals surface area contributed by atoms with Crippen molar-refractivity contribution in [3.05, 3.63) is 65.7 Å². The summed E-state index contributed by atoms with van der Waals surface area (Å²) in [4.78, 5) is 14.5. The van der Waals surface area contributed by atoms with Gasteiger partial charge in [-0.15, -0.1) is 0 Å². The predicted molar refractivity (Wildman–Crippen MR) is 95.4 cm³/mol. The molecule has 0 aliphatic rings. The normalized spacial score (nSPS) is 10.5. The van der Waals surface area contributed by atoms with Gasteiger partial charge in [0, 0.05) is 25.4 Å². The van der Waals surface area contributed by atoms with Crippen LogP contribution in [-0.4, -0.2) is 29.1 Å². The van der Waals surface area contributed by atoms with Crippen LogP contribution in [0, 0.1) is 0 Å². The van der Waals surface area contributed by atoms with Crippen LogP contribution in [0.5, 0.6) is 5.75 Å². The number of hydrogen-bond donors (Lipinski definition) is 0. The molecule has 0 N–H and O–H groups in total. The second-order valence-corrected chi connectivity index (χ2v) is 5.64. The topological polar surface area (TPSA) is 51.1 Å². The Labute approximate surface area is 145 Å². The van der Waals surface area contributed by atoms with E-state index in [-0.39, 0.29) is 5.28 Å². The summed E-state index contributed by atoms with van der Waals surface area (Å²) in [5.74, 6) is 1.25. The molecule has 0 unspecified atom stereocenters. The minimum Gasteiger partial charge on any atom is -0.491 e. The van der Waals surface area contributed by atoms with E-state index in [1.807, 2.05) is 30.1 Å². The van der Waals surface area contributed by atoms with Crippen LogP contribution in [-0.2, 0) is 6.54 Å².